The highest BCUT2D eigenvalue weighted by molar-refractivity contribution is 5.32. The summed E-state index contributed by atoms with van der Waals surface area (Å²) in [5.41, 5.74) is 5.12. The zero-order valence-corrected chi connectivity index (χ0v) is 10.6. The van der Waals surface area contributed by atoms with Crippen molar-refractivity contribution in [2.45, 2.75) is 33.4 Å². The van der Waals surface area contributed by atoms with Crippen molar-refractivity contribution in [1.82, 2.24) is 15.3 Å². The summed E-state index contributed by atoms with van der Waals surface area (Å²) in [5.74, 6) is 0. The Balaban J connectivity index is 2.01. The molecule has 1 aromatic carbocycles. The number of nitrogens with zero attached hydrogens (tertiary/aromatic N) is 1. The molecule has 0 bridgehead atoms. The highest BCUT2D eigenvalue weighted by Gasteiger charge is 2.07. The van der Waals surface area contributed by atoms with Crippen LogP contribution in [0.25, 0.3) is 0 Å². The van der Waals surface area contributed by atoms with E-state index >= 15 is 0 Å². The Morgan fingerprint density at radius 3 is 2.82 bits per heavy atom. The maximum Gasteiger partial charge on any atom is 0.0922 e. The molecule has 17 heavy (non-hydrogen) atoms. The van der Waals surface area contributed by atoms with Crippen LogP contribution in [0, 0.1) is 13.8 Å². The van der Waals surface area contributed by atoms with Crippen molar-refractivity contribution in [3.8, 4) is 0 Å². The van der Waals surface area contributed by atoms with E-state index < -0.39 is 0 Å². The Morgan fingerprint density at radius 2 is 2.18 bits per heavy atom. The first-order chi connectivity index (χ1) is 8.16. The van der Waals surface area contributed by atoms with E-state index in [1.54, 1.807) is 6.33 Å². The lowest BCUT2D eigenvalue weighted by molar-refractivity contribution is 0.566. The minimum Gasteiger partial charge on any atom is -0.347 e. The Kier molecular flexibility index (Phi) is 3.59. The van der Waals surface area contributed by atoms with Gasteiger partial charge in [-0.25, -0.2) is 4.98 Å². The first kappa shape index (κ1) is 11.9. The minimum atomic E-state index is 0.346. The lowest BCUT2D eigenvalue weighted by atomic mass is 10.0. The quantitative estimate of drug-likeness (QED) is 0.846. The summed E-state index contributed by atoms with van der Waals surface area (Å²) in [6, 6.07) is 6.94. The number of aromatic amines is 1. The summed E-state index contributed by atoms with van der Waals surface area (Å²) in [7, 11) is 0. The summed E-state index contributed by atoms with van der Waals surface area (Å²) >= 11 is 0. The van der Waals surface area contributed by atoms with Crippen LogP contribution in [0.5, 0.6) is 0 Å². The topological polar surface area (TPSA) is 40.7 Å². The van der Waals surface area contributed by atoms with E-state index in [2.05, 4.69) is 54.3 Å². The van der Waals surface area contributed by atoms with Crippen LogP contribution in [0.1, 0.15) is 35.3 Å². The van der Waals surface area contributed by atoms with Crippen molar-refractivity contribution in [3.05, 3.63) is 53.1 Å². The van der Waals surface area contributed by atoms with Gasteiger partial charge in [0.1, 0.15) is 0 Å². The highest BCUT2D eigenvalue weighted by Crippen LogP contribution is 2.18. The van der Waals surface area contributed by atoms with Crippen molar-refractivity contribution in [1.29, 1.82) is 0 Å². The molecule has 0 saturated heterocycles. The Bertz CT molecular complexity index is 474. The van der Waals surface area contributed by atoms with E-state index in [4.69, 9.17) is 0 Å². The standard InChI is InChI=1S/C14H19N3/c1-10-4-5-14(11(2)6-10)12(3)16-8-13-7-15-9-17-13/h4-7,9,12,16H,8H2,1-3H3,(H,15,17). The van der Waals surface area contributed by atoms with Crippen LogP contribution in [-0.2, 0) is 6.54 Å². The number of aromatic nitrogens is 2. The van der Waals surface area contributed by atoms with Gasteiger partial charge in [-0.05, 0) is 31.9 Å². The van der Waals surface area contributed by atoms with Gasteiger partial charge in [-0.3, -0.25) is 0 Å². The molecule has 0 aliphatic carbocycles. The predicted molar refractivity (Wildman–Crippen MR) is 69.8 cm³/mol. The fraction of sp³-hybridized carbons (Fsp3) is 0.357. The second-order valence-corrected chi connectivity index (χ2v) is 4.54. The van der Waals surface area contributed by atoms with E-state index in [0.717, 1.165) is 12.2 Å². The molecule has 3 heteroatoms. The van der Waals surface area contributed by atoms with Crippen LogP contribution in [0.3, 0.4) is 0 Å². The van der Waals surface area contributed by atoms with E-state index in [9.17, 15) is 0 Å². The van der Waals surface area contributed by atoms with Crippen molar-refractivity contribution in [3.63, 3.8) is 0 Å². The number of benzene rings is 1. The Labute approximate surface area is 102 Å². The number of hydrogen-bond acceptors (Lipinski definition) is 2. The second kappa shape index (κ2) is 5.15. The highest BCUT2D eigenvalue weighted by atomic mass is 15.0. The predicted octanol–water partition coefficient (Wildman–Crippen LogP) is 2.88. The SMILES string of the molecule is Cc1ccc(C(C)NCc2cnc[nH]2)c(C)c1. The van der Waals surface area contributed by atoms with Gasteiger partial charge in [0.15, 0.2) is 0 Å². The third kappa shape index (κ3) is 2.94. The molecule has 0 aliphatic rings. The number of H-pyrrole nitrogens is 1. The summed E-state index contributed by atoms with van der Waals surface area (Å²) in [6.07, 6.45) is 3.56. The summed E-state index contributed by atoms with van der Waals surface area (Å²) in [5, 5.41) is 3.49. The summed E-state index contributed by atoms with van der Waals surface area (Å²) in [6.45, 7) is 7.29. The van der Waals surface area contributed by atoms with Crippen LogP contribution in [0.4, 0.5) is 0 Å². The van der Waals surface area contributed by atoms with Gasteiger partial charge in [0.25, 0.3) is 0 Å². The van der Waals surface area contributed by atoms with Crippen LogP contribution in [0.15, 0.2) is 30.7 Å². The number of nitrogens with one attached hydrogen (secondary N) is 2. The summed E-state index contributed by atoms with van der Waals surface area (Å²) in [4.78, 5) is 7.10. The van der Waals surface area contributed by atoms with Gasteiger partial charge in [0.2, 0.25) is 0 Å². The number of rotatable bonds is 4. The van der Waals surface area contributed by atoms with E-state index in [0.29, 0.717) is 6.04 Å². The molecule has 0 spiro atoms. The van der Waals surface area contributed by atoms with Crippen molar-refractivity contribution < 1.29 is 0 Å². The molecule has 2 aromatic rings. The van der Waals surface area contributed by atoms with E-state index in [-0.39, 0.29) is 0 Å². The van der Waals surface area contributed by atoms with Crippen molar-refractivity contribution in [2.24, 2.45) is 0 Å². The van der Waals surface area contributed by atoms with Gasteiger partial charge >= 0.3 is 0 Å². The number of aryl methyl sites for hydroxylation is 2. The largest absolute Gasteiger partial charge is 0.347 e. The minimum absolute atomic E-state index is 0.346. The van der Waals surface area contributed by atoms with Crippen molar-refractivity contribution in [2.75, 3.05) is 0 Å². The third-order valence-electron chi connectivity index (χ3n) is 3.05. The zero-order valence-electron chi connectivity index (χ0n) is 10.6. The molecule has 1 unspecified atom stereocenters. The van der Waals surface area contributed by atoms with Gasteiger partial charge in [-0.2, -0.15) is 0 Å². The maximum absolute atomic E-state index is 4.01. The Hall–Kier alpha value is -1.61. The molecule has 0 saturated carbocycles. The van der Waals surface area contributed by atoms with Gasteiger partial charge in [0, 0.05) is 24.5 Å². The van der Waals surface area contributed by atoms with Crippen LogP contribution in [-0.4, -0.2) is 9.97 Å². The lowest BCUT2D eigenvalue weighted by Crippen LogP contribution is -2.19. The van der Waals surface area contributed by atoms with E-state index in [1.165, 1.54) is 16.7 Å². The maximum atomic E-state index is 4.01. The molecular weight excluding hydrogens is 210 g/mol. The molecule has 3 nitrogen and oxygen atoms in total. The number of hydrogen-bond donors (Lipinski definition) is 2. The lowest BCUT2D eigenvalue weighted by Gasteiger charge is -2.16. The van der Waals surface area contributed by atoms with Crippen molar-refractivity contribution >= 4 is 0 Å². The smallest absolute Gasteiger partial charge is 0.0922 e. The molecule has 1 heterocycles. The van der Waals surface area contributed by atoms with Crippen LogP contribution >= 0.6 is 0 Å². The molecule has 2 N–H and O–H groups in total. The van der Waals surface area contributed by atoms with Gasteiger partial charge in [0.05, 0.1) is 6.33 Å². The molecule has 0 amide bonds. The number of imidazole rings is 1. The molecule has 90 valence electrons. The summed E-state index contributed by atoms with van der Waals surface area (Å²) < 4.78 is 0. The molecule has 1 aromatic heterocycles. The average Bonchev–Trinajstić information content (AvgIpc) is 2.78. The third-order valence-corrected chi connectivity index (χ3v) is 3.05. The normalized spacial score (nSPS) is 12.6. The second-order valence-electron chi connectivity index (χ2n) is 4.54. The van der Waals surface area contributed by atoms with E-state index in [1.807, 2.05) is 6.20 Å². The monoisotopic (exact) mass is 229 g/mol. The molecule has 0 aliphatic heterocycles. The zero-order chi connectivity index (χ0) is 12.3. The fourth-order valence-electron chi connectivity index (χ4n) is 2.07. The first-order valence-electron chi connectivity index (χ1n) is 5.94. The molecule has 0 fully saturated rings. The molecule has 0 radical (unpaired) electrons. The van der Waals surface area contributed by atoms with Crippen LogP contribution < -0.4 is 5.32 Å². The van der Waals surface area contributed by atoms with Gasteiger partial charge in [-0.15, -0.1) is 0 Å². The van der Waals surface area contributed by atoms with Gasteiger partial charge < -0.3 is 10.3 Å². The van der Waals surface area contributed by atoms with Gasteiger partial charge in [-0.1, -0.05) is 23.8 Å². The van der Waals surface area contributed by atoms with Crippen LogP contribution in [0.2, 0.25) is 0 Å². The first-order valence-corrected chi connectivity index (χ1v) is 5.94. The molecule has 1 atom stereocenters. The fourth-order valence-corrected chi connectivity index (χ4v) is 2.07. The molecular formula is C14H19N3. The molecule has 2 rings (SSSR count). The Morgan fingerprint density at radius 1 is 1.35 bits per heavy atom. The average molecular weight is 229 g/mol.